The molecule has 0 spiro atoms. The predicted octanol–water partition coefficient (Wildman–Crippen LogP) is 1.88. The number of para-hydroxylation sites is 1. The van der Waals surface area contributed by atoms with E-state index in [2.05, 4.69) is 5.32 Å². The second kappa shape index (κ2) is 6.32. The summed E-state index contributed by atoms with van der Waals surface area (Å²) in [6, 6.07) is 16.2. The van der Waals surface area contributed by atoms with Crippen LogP contribution in [0.25, 0.3) is 0 Å². The van der Waals surface area contributed by atoms with Gasteiger partial charge in [0.25, 0.3) is 5.91 Å². The van der Waals surface area contributed by atoms with Crippen molar-refractivity contribution in [2.45, 2.75) is 6.42 Å². The van der Waals surface area contributed by atoms with E-state index in [9.17, 15) is 9.59 Å². The Labute approximate surface area is 134 Å². The van der Waals surface area contributed by atoms with Crippen molar-refractivity contribution in [2.75, 3.05) is 18.0 Å². The zero-order valence-electron chi connectivity index (χ0n) is 12.5. The molecule has 0 unspecified atom stereocenters. The highest BCUT2D eigenvalue weighted by atomic mass is 16.2. The monoisotopic (exact) mass is 305 g/mol. The topological polar surface area (TPSA) is 73.2 Å². The molecule has 5 nitrogen and oxygen atoms in total. The van der Waals surface area contributed by atoms with Crippen molar-refractivity contribution in [1.29, 1.82) is 5.26 Å². The molecule has 0 aromatic heterocycles. The largest absolute Gasteiger partial charge is 0.350 e. The van der Waals surface area contributed by atoms with Crippen LogP contribution in [-0.4, -0.2) is 24.9 Å². The van der Waals surface area contributed by atoms with Crippen molar-refractivity contribution in [3.8, 4) is 6.07 Å². The fraction of sp³-hybridized carbons (Fsp3) is 0.167. The van der Waals surface area contributed by atoms with Gasteiger partial charge < -0.3 is 10.2 Å². The Morgan fingerprint density at radius 3 is 2.87 bits per heavy atom. The lowest BCUT2D eigenvalue weighted by Crippen LogP contribution is -2.36. The third-order valence-electron chi connectivity index (χ3n) is 3.80. The first-order valence-corrected chi connectivity index (χ1v) is 7.35. The number of nitrogens with one attached hydrogen (secondary N) is 1. The molecule has 0 atom stereocenters. The van der Waals surface area contributed by atoms with Gasteiger partial charge in [-0.05, 0) is 29.8 Å². The summed E-state index contributed by atoms with van der Waals surface area (Å²) in [7, 11) is 0. The number of carbonyl (C=O) groups excluding carboxylic acids is 2. The summed E-state index contributed by atoms with van der Waals surface area (Å²) < 4.78 is 0. The standard InChI is InChI=1S/C18H15N3O2/c19-12-13-4-3-6-15(10-13)18(23)20-8-9-21-16-7-2-1-5-14(16)11-17(21)22/h1-7,10H,8-9,11H2,(H,20,23). The molecule has 114 valence electrons. The molecule has 0 radical (unpaired) electrons. The quantitative estimate of drug-likeness (QED) is 0.937. The number of nitriles is 1. The van der Waals surface area contributed by atoms with Crippen LogP contribution in [0.3, 0.4) is 0 Å². The highest BCUT2D eigenvalue weighted by molar-refractivity contribution is 6.01. The van der Waals surface area contributed by atoms with E-state index in [0.717, 1.165) is 11.3 Å². The normalized spacial score (nSPS) is 12.7. The van der Waals surface area contributed by atoms with Crippen molar-refractivity contribution in [3.63, 3.8) is 0 Å². The van der Waals surface area contributed by atoms with Gasteiger partial charge >= 0.3 is 0 Å². The molecule has 2 aromatic rings. The third-order valence-corrected chi connectivity index (χ3v) is 3.80. The Kier molecular flexibility index (Phi) is 4.07. The number of rotatable bonds is 4. The summed E-state index contributed by atoms with van der Waals surface area (Å²) in [4.78, 5) is 25.8. The van der Waals surface area contributed by atoms with E-state index in [-0.39, 0.29) is 11.8 Å². The Bertz CT molecular complexity index is 808. The minimum absolute atomic E-state index is 0.0481. The minimum atomic E-state index is -0.248. The summed E-state index contributed by atoms with van der Waals surface area (Å²) in [6.07, 6.45) is 0.411. The number of nitrogens with zero attached hydrogens (tertiary/aromatic N) is 2. The number of amides is 2. The summed E-state index contributed by atoms with van der Waals surface area (Å²) in [5.41, 5.74) is 2.82. The smallest absolute Gasteiger partial charge is 0.251 e. The number of benzene rings is 2. The lowest BCUT2D eigenvalue weighted by atomic mass is 10.1. The van der Waals surface area contributed by atoms with E-state index in [1.165, 1.54) is 0 Å². The zero-order chi connectivity index (χ0) is 16.2. The van der Waals surface area contributed by atoms with Gasteiger partial charge in [0.15, 0.2) is 0 Å². The fourth-order valence-electron chi connectivity index (χ4n) is 2.67. The Hall–Kier alpha value is -3.13. The van der Waals surface area contributed by atoms with E-state index in [1.54, 1.807) is 29.2 Å². The number of anilines is 1. The molecule has 0 bridgehead atoms. The maximum absolute atomic E-state index is 12.1. The minimum Gasteiger partial charge on any atom is -0.350 e. The first-order chi connectivity index (χ1) is 11.2. The van der Waals surface area contributed by atoms with E-state index in [4.69, 9.17) is 5.26 Å². The molecular formula is C18H15N3O2. The van der Waals surface area contributed by atoms with Crippen molar-refractivity contribution < 1.29 is 9.59 Å². The van der Waals surface area contributed by atoms with Gasteiger partial charge in [-0.1, -0.05) is 24.3 Å². The van der Waals surface area contributed by atoms with E-state index in [1.807, 2.05) is 30.3 Å². The second-order valence-electron chi connectivity index (χ2n) is 5.30. The molecular weight excluding hydrogens is 290 g/mol. The van der Waals surface area contributed by atoms with Crippen LogP contribution >= 0.6 is 0 Å². The molecule has 2 aromatic carbocycles. The summed E-state index contributed by atoms with van der Waals surface area (Å²) >= 11 is 0. The second-order valence-corrected chi connectivity index (χ2v) is 5.30. The molecule has 1 heterocycles. The van der Waals surface area contributed by atoms with Crippen molar-refractivity contribution in [1.82, 2.24) is 5.32 Å². The molecule has 1 N–H and O–H groups in total. The molecule has 0 saturated heterocycles. The lowest BCUT2D eigenvalue weighted by Gasteiger charge is -2.17. The highest BCUT2D eigenvalue weighted by Gasteiger charge is 2.26. The first kappa shape index (κ1) is 14.8. The first-order valence-electron chi connectivity index (χ1n) is 7.35. The Balaban J connectivity index is 1.60. The SMILES string of the molecule is N#Cc1cccc(C(=O)NCCN2C(=O)Cc3ccccc32)c1. The van der Waals surface area contributed by atoms with Gasteiger partial charge in [-0.25, -0.2) is 0 Å². The molecule has 5 heteroatoms. The van der Waals surface area contributed by atoms with Crippen LogP contribution in [-0.2, 0) is 11.2 Å². The van der Waals surface area contributed by atoms with Gasteiger partial charge in [-0.3, -0.25) is 9.59 Å². The molecule has 1 aliphatic rings. The van der Waals surface area contributed by atoms with Crippen LogP contribution in [0.1, 0.15) is 21.5 Å². The van der Waals surface area contributed by atoms with Crippen molar-refractivity contribution in [3.05, 3.63) is 65.2 Å². The van der Waals surface area contributed by atoms with Crippen LogP contribution in [0.4, 0.5) is 5.69 Å². The number of carbonyl (C=O) groups is 2. The molecule has 0 saturated carbocycles. The molecule has 0 aliphatic carbocycles. The number of fused-ring (bicyclic) bond motifs is 1. The van der Waals surface area contributed by atoms with E-state index in [0.29, 0.717) is 30.6 Å². The molecule has 23 heavy (non-hydrogen) atoms. The summed E-state index contributed by atoms with van der Waals surface area (Å²) in [5.74, 6) is -0.200. The lowest BCUT2D eigenvalue weighted by molar-refractivity contribution is -0.117. The van der Waals surface area contributed by atoms with Crippen LogP contribution in [0.5, 0.6) is 0 Å². The van der Waals surface area contributed by atoms with Gasteiger partial charge in [0.1, 0.15) is 0 Å². The van der Waals surface area contributed by atoms with Crippen LogP contribution in [0, 0.1) is 11.3 Å². The van der Waals surface area contributed by atoms with Gasteiger partial charge in [-0.2, -0.15) is 5.26 Å². The fourth-order valence-corrected chi connectivity index (χ4v) is 2.67. The highest BCUT2D eigenvalue weighted by Crippen LogP contribution is 2.27. The van der Waals surface area contributed by atoms with Gasteiger partial charge in [0.05, 0.1) is 18.1 Å². The maximum Gasteiger partial charge on any atom is 0.251 e. The summed E-state index contributed by atoms with van der Waals surface area (Å²) in [5, 5.41) is 11.6. The average Bonchev–Trinajstić information content (AvgIpc) is 2.90. The maximum atomic E-state index is 12.1. The Morgan fingerprint density at radius 1 is 1.22 bits per heavy atom. The number of hydrogen-bond donors (Lipinski definition) is 1. The zero-order valence-corrected chi connectivity index (χ0v) is 12.5. The van der Waals surface area contributed by atoms with Crippen LogP contribution in [0.2, 0.25) is 0 Å². The van der Waals surface area contributed by atoms with Crippen molar-refractivity contribution >= 4 is 17.5 Å². The van der Waals surface area contributed by atoms with E-state index >= 15 is 0 Å². The summed E-state index contributed by atoms with van der Waals surface area (Å²) in [6.45, 7) is 0.787. The molecule has 2 amide bonds. The predicted molar refractivity (Wildman–Crippen MR) is 86.0 cm³/mol. The van der Waals surface area contributed by atoms with Crippen LogP contribution < -0.4 is 10.2 Å². The van der Waals surface area contributed by atoms with Gasteiger partial charge in [0, 0.05) is 24.3 Å². The molecule has 3 rings (SSSR count). The van der Waals surface area contributed by atoms with Crippen molar-refractivity contribution in [2.24, 2.45) is 0 Å². The van der Waals surface area contributed by atoms with Gasteiger partial charge in [-0.15, -0.1) is 0 Å². The van der Waals surface area contributed by atoms with Gasteiger partial charge in [0.2, 0.25) is 5.91 Å². The third kappa shape index (κ3) is 3.06. The van der Waals surface area contributed by atoms with E-state index < -0.39 is 0 Å². The average molecular weight is 305 g/mol. The Morgan fingerprint density at radius 2 is 2.04 bits per heavy atom. The molecule has 1 aliphatic heterocycles. The molecule has 0 fully saturated rings. The number of hydrogen-bond acceptors (Lipinski definition) is 3. The van der Waals surface area contributed by atoms with Crippen LogP contribution in [0.15, 0.2) is 48.5 Å².